The molecule has 2 fully saturated rings. The summed E-state index contributed by atoms with van der Waals surface area (Å²) in [5.74, 6) is -0.0938. The fraction of sp³-hybridized carbons (Fsp3) is 0.444. The van der Waals surface area contributed by atoms with Gasteiger partial charge in [0.2, 0.25) is 11.0 Å². The van der Waals surface area contributed by atoms with E-state index in [1.165, 1.54) is 11.3 Å². The van der Waals surface area contributed by atoms with E-state index in [9.17, 15) is 9.59 Å². The second-order valence-electron chi connectivity index (χ2n) is 6.68. The molecule has 0 radical (unpaired) electrons. The Hall–Kier alpha value is -2.32. The van der Waals surface area contributed by atoms with Gasteiger partial charge >= 0.3 is 0 Å². The zero-order valence-corrected chi connectivity index (χ0v) is 15.3. The summed E-state index contributed by atoms with van der Waals surface area (Å²) in [7, 11) is 0. The number of aromatic nitrogens is 2. The van der Waals surface area contributed by atoms with Gasteiger partial charge in [-0.05, 0) is 37.5 Å². The molecule has 3 heterocycles. The van der Waals surface area contributed by atoms with E-state index in [0.29, 0.717) is 24.7 Å². The number of carbonyl (C=O) groups is 2. The monoisotopic (exact) mass is 372 g/mol. The largest absolute Gasteiger partial charge is 0.368 e. The minimum absolute atomic E-state index is 0.00565. The summed E-state index contributed by atoms with van der Waals surface area (Å²) < 4.78 is 5.37. The molecule has 2 aliphatic rings. The van der Waals surface area contributed by atoms with Gasteiger partial charge in [0.1, 0.15) is 11.1 Å². The molecule has 0 spiro atoms. The SMILES string of the molecule is Cc1cccc(N2C[C@H](c3nnc(NC(=O)[C@H]4CCCO4)s3)CC2=O)c1. The first-order valence-corrected chi connectivity index (χ1v) is 9.55. The maximum Gasteiger partial charge on any atom is 0.255 e. The third-order valence-electron chi connectivity index (χ3n) is 4.68. The average molecular weight is 372 g/mol. The molecular weight excluding hydrogens is 352 g/mol. The molecule has 8 heteroatoms. The van der Waals surface area contributed by atoms with Crippen molar-refractivity contribution in [1.82, 2.24) is 10.2 Å². The number of amides is 2. The molecule has 136 valence electrons. The zero-order valence-electron chi connectivity index (χ0n) is 14.5. The van der Waals surface area contributed by atoms with Crippen LogP contribution in [0.15, 0.2) is 24.3 Å². The van der Waals surface area contributed by atoms with Crippen LogP contribution in [0.3, 0.4) is 0 Å². The van der Waals surface area contributed by atoms with Gasteiger partial charge < -0.3 is 9.64 Å². The third-order valence-corrected chi connectivity index (χ3v) is 5.68. The molecule has 1 aromatic heterocycles. The quantitative estimate of drug-likeness (QED) is 0.891. The van der Waals surface area contributed by atoms with Gasteiger partial charge in [-0.1, -0.05) is 23.5 Å². The summed E-state index contributed by atoms with van der Waals surface area (Å²) >= 11 is 1.33. The number of aryl methyl sites for hydroxylation is 1. The number of nitrogens with one attached hydrogen (secondary N) is 1. The smallest absolute Gasteiger partial charge is 0.255 e. The summed E-state index contributed by atoms with van der Waals surface area (Å²) in [6.45, 7) is 3.21. The van der Waals surface area contributed by atoms with E-state index >= 15 is 0 Å². The van der Waals surface area contributed by atoms with E-state index in [-0.39, 0.29) is 17.7 Å². The Morgan fingerprint density at radius 3 is 3.04 bits per heavy atom. The molecule has 1 aromatic carbocycles. The molecule has 26 heavy (non-hydrogen) atoms. The molecule has 0 saturated carbocycles. The van der Waals surface area contributed by atoms with Crippen LogP contribution >= 0.6 is 11.3 Å². The second kappa shape index (κ2) is 7.13. The van der Waals surface area contributed by atoms with E-state index in [2.05, 4.69) is 15.5 Å². The molecule has 2 aromatic rings. The molecule has 1 N–H and O–H groups in total. The Kier molecular flexibility index (Phi) is 4.69. The third kappa shape index (κ3) is 3.47. The van der Waals surface area contributed by atoms with Crippen LogP contribution in [0.2, 0.25) is 0 Å². The Bertz CT molecular complexity index is 831. The molecule has 0 bridgehead atoms. The van der Waals surface area contributed by atoms with Gasteiger partial charge in [0.05, 0.1) is 0 Å². The van der Waals surface area contributed by atoms with E-state index in [1.54, 1.807) is 4.90 Å². The summed E-state index contributed by atoms with van der Waals surface area (Å²) in [6, 6.07) is 7.92. The second-order valence-corrected chi connectivity index (χ2v) is 7.69. The predicted octanol–water partition coefficient (Wildman–Crippen LogP) is 2.48. The van der Waals surface area contributed by atoms with E-state index < -0.39 is 6.10 Å². The first-order valence-electron chi connectivity index (χ1n) is 8.73. The highest BCUT2D eigenvalue weighted by Gasteiger charge is 2.34. The Labute approximate surface area is 155 Å². The molecule has 2 aliphatic heterocycles. The number of carbonyl (C=O) groups excluding carboxylic acids is 2. The van der Waals surface area contributed by atoms with Gasteiger partial charge in [-0.25, -0.2) is 0 Å². The van der Waals surface area contributed by atoms with Crippen LogP contribution in [0.5, 0.6) is 0 Å². The fourth-order valence-corrected chi connectivity index (χ4v) is 4.18. The first-order chi connectivity index (χ1) is 12.6. The van der Waals surface area contributed by atoms with E-state index in [0.717, 1.165) is 29.1 Å². The van der Waals surface area contributed by atoms with Gasteiger partial charge in [-0.3, -0.25) is 14.9 Å². The Morgan fingerprint density at radius 1 is 1.38 bits per heavy atom. The lowest BCUT2D eigenvalue weighted by molar-refractivity contribution is -0.124. The van der Waals surface area contributed by atoms with Crippen molar-refractivity contribution < 1.29 is 14.3 Å². The van der Waals surface area contributed by atoms with Gasteiger partial charge in [0.15, 0.2) is 0 Å². The van der Waals surface area contributed by atoms with Crippen LogP contribution in [0.25, 0.3) is 0 Å². The normalized spacial score (nSPS) is 22.8. The predicted molar refractivity (Wildman–Crippen MR) is 98.4 cm³/mol. The van der Waals surface area contributed by atoms with Crippen molar-refractivity contribution >= 4 is 34.0 Å². The van der Waals surface area contributed by atoms with Crippen LogP contribution in [-0.2, 0) is 14.3 Å². The number of rotatable bonds is 4. The lowest BCUT2D eigenvalue weighted by Crippen LogP contribution is -2.26. The maximum atomic E-state index is 12.4. The molecule has 2 atom stereocenters. The van der Waals surface area contributed by atoms with Gasteiger partial charge in [-0.15, -0.1) is 10.2 Å². The standard InChI is InChI=1S/C18H20N4O3S/c1-11-4-2-5-13(8-11)22-10-12(9-15(22)23)17-20-21-18(26-17)19-16(24)14-6-3-7-25-14/h2,4-5,8,12,14H,3,6-7,9-10H2,1H3,(H,19,21,24)/t12-,14-/m1/s1. The lowest BCUT2D eigenvalue weighted by atomic mass is 10.1. The van der Waals surface area contributed by atoms with Gasteiger partial charge in [0, 0.05) is 31.2 Å². The van der Waals surface area contributed by atoms with Crippen molar-refractivity contribution in [1.29, 1.82) is 0 Å². The highest BCUT2D eigenvalue weighted by Crippen LogP contribution is 2.34. The number of nitrogens with zero attached hydrogens (tertiary/aromatic N) is 3. The molecule has 0 aliphatic carbocycles. The molecule has 4 rings (SSSR count). The molecule has 0 unspecified atom stereocenters. The molecule has 2 amide bonds. The van der Waals surface area contributed by atoms with Crippen molar-refractivity contribution in [3.8, 4) is 0 Å². The van der Waals surface area contributed by atoms with Crippen molar-refractivity contribution in [2.75, 3.05) is 23.4 Å². The van der Waals surface area contributed by atoms with Crippen molar-refractivity contribution in [3.63, 3.8) is 0 Å². The Morgan fingerprint density at radius 2 is 2.27 bits per heavy atom. The number of ether oxygens (including phenoxy) is 1. The zero-order chi connectivity index (χ0) is 18.1. The van der Waals surface area contributed by atoms with Gasteiger partial charge in [0.25, 0.3) is 5.91 Å². The number of hydrogen-bond donors (Lipinski definition) is 1. The molecule has 2 saturated heterocycles. The van der Waals surface area contributed by atoms with Crippen LogP contribution < -0.4 is 10.2 Å². The Balaban J connectivity index is 1.43. The number of benzene rings is 1. The van der Waals surface area contributed by atoms with Crippen molar-refractivity contribution in [2.45, 2.75) is 38.2 Å². The molecule has 7 nitrogen and oxygen atoms in total. The van der Waals surface area contributed by atoms with Crippen LogP contribution in [0, 0.1) is 6.92 Å². The summed E-state index contributed by atoms with van der Waals surface area (Å²) in [5, 5.41) is 12.3. The van der Waals surface area contributed by atoms with E-state index in [4.69, 9.17) is 4.74 Å². The number of anilines is 2. The highest BCUT2D eigenvalue weighted by atomic mass is 32.1. The first kappa shape index (κ1) is 17.1. The van der Waals surface area contributed by atoms with Gasteiger partial charge in [-0.2, -0.15) is 0 Å². The highest BCUT2D eigenvalue weighted by molar-refractivity contribution is 7.15. The van der Waals surface area contributed by atoms with Crippen LogP contribution in [0.4, 0.5) is 10.8 Å². The number of hydrogen-bond acceptors (Lipinski definition) is 6. The topological polar surface area (TPSA) is 84.4 Å². The minimum atomic E-state index is -0.396. The van der Waals surface area contributed by atoms with Crippen LogP contribution in [0.1, 0.15) is 35.8 Å². The average Bonchev–Trinajstić information content (AvgIpc) is 3.35. The summed E-state index contributed by atoms with van der Waals surface area (Å²) in [6.07, 6.45) is 1.65. The lowest BCUT2D eigenvalue weighted by Gasteiger charge is -2.16. The summed E-state index contributed by atoms with van der Waals surface area (Å²) in [5.41, 5.74) is 2.03. The van der Waals surface area contributed by atoms with Crippen molar-refractivity contribution in [2.24, 2.45) is 0 Å². The summed E-state index contributed by atoms with van der Waals surface area (Å²) in [4.78, 5) is 26.3. The van der Waals surface area contributed by atoms with E-state index in [1.807, 2.05) is 31.2 Å². The maximum absolute atomic E-state index is 12.4. The van der Waals surface area contributed by atoms with Crippen LogP contribution in [-0.4, -0.2) is 41.3 Å². The van der Waals surface area contributed by atoms with Crippen molar-refractivity contribution in [3.05, 3.63) is 34.8 Å². The molecular formula is C18H20N4O3S. The minimum Gasteiger partial charge on any atom is -0.368 e. The fourth-order valence-electron chi connectivity index (χ4n) is 3.34.